The number of ether oxygens (including phenoxy) is 3. The second-order valence-electron chi connectivity index (χ2n) is 6.67. The van der Waals surface area contributed by atoms with Crippen molar-refractivity contribution in [1.29, 1.82) is 0 Å². The van der Waals surface area contributed by atoms with Gasteiger partial charge in [0.2, 0.25) is 0 Å². The third-order valence-electron chi connectivity index (χ3n) is 4.23. The molecule has 2 amide bonds. The monoisotopic (exact) mass is 414 g/mol. The summed E-state index contributed by atoms with van der Waals surface area (Å²) >= 11 is 0. The molecule has 0 aliphatic carbocycles. The second kappa shape index (κ2) is 13.2. The zero-order valence-corrected chi connectivity index (χ0v) is 17.6. The molecule has 0 aliphatic rings. The average Bonchev–Trinajstić information content (AvgIpc) is 2.77. The van der Waals surface area contributed by atoms with E-state index in [1.54, 1.807) is 55.6 Å². The molecule has 2 rings (SSSR count). The Morgan fingerprint density at radius 3 is 2.47 bits per heavy atom. The molecule has 0 atom stereocenters. The fourth-order valence-electron chi connectivity index (χ4n) is 2.58. The summed E-state index contributed by atoms with van der Waals surface area (Å²) in [6.07, 6.45) is 2.95. The Hall–Kier alpha value is -3.06. The van der Waals surface area contributed by atoms with Crippen LogP contribution in [0.4, 0.5) is 5.69 Å². The number of benzene rings is 2. The molecule has 0 radical (unpaired) electrons. The van der Waals surface area contributed by atoms with Gasteiger partial charge in [-0.2, -0.15) is 0 Å². The summed E-state index contributed by atoms with van der Waals surface area (Å²) in [5.74, 6) is 0.736. The largest absolute Gasteiger partial charge is 0.497 e. The van der Waals surface area contributed by atoms with E-state index < -0.39 is 0 Å². The number of carbonyl (C=O) groups excluding carboxylic acids is 2. The maximum atomic E-state index is 12.1. The van der Waals surface area contributed by atoms with Crippen molar-refractivity contribution >= 4 is 17.5 Å². The van der Waals surface area contributed by atoms with Crippen LogP contribution >= 0.6 is 0 Å². The minimum Gasteiger partial charge on any atom is -0.497 e. The van der Waals surface area contributed by atoms with Gasteiger partial charge >= 0.3 is 0 Å². The third kappa shape index (κ3) is 8.53. The highest BCUT2D eigenvalue weighted by Crippen LogP contribution is 2.17. The number of carbonyl (C=O) groups is 2. The lowest BCUT2D eigenvalue weighted by Gasteiger charge is -2.09. The molecule has 0 aromatic heterocycles. The van der Waals surface area contributed by atoms with Gasteiger partial charge in [-0.05, 0) is 49.2 Å². The molecule has 0 aliphatic heterocycles. The number of hydrogen-bond donors (Lipinski definition) is 2. The molecule has 0 unspecified atom stereocenters. The lowest BCUT2D eigenvalue weighted by molar-refractivity contribution is -0.118. The minimum atomic E-state index is -0.286. The van der Waals surface area contributed by atoms with E-state index in [1.165, 1.54) is 0 Å². The van der Waals surface area contributed by atoms with Crippen LogP contribution in [0.2, 0.25) is 0 Å². The normalized spacial score (nSPS) is 10.3. The average molecular weight is 415 g/mol. The van der Waals surface area contributed by atoms with Crippen LogP contribution in [-0.4, -0.2) is 45.3 Å². The van der Waals surface area contributed by atoms with Gasteiger partial charge in [0, 0.05) is 37.1 Å². The summed E-state index contributed by atoms with van der Waals surface area (Å²) in [5.41, 5.74) is 1.17. The number of unbranched alkanes of at least 4 members (excludes halogenated alkanes) is 1. The highest BCUT2D eigenvalue weighted by atomic mass is 16.5. The Kier molecular flexibility index (Phi) is 10.2. The molecule has 7 nitrogen and oxygen atoms in total. The number of methoxy groups -OCH3 is 1. The van der Waals surface area contributed by atoms with Crippen molar-refractivity contribution in [3.63, 3.8) is 0 Å². The highest BCUT2D eigenvalue weighted by Gasteiger charge is 2.07. The molecular formula is C23H30N2O5. The standard InChI is InChI=1S/C23H30N2O5/c1-3-4-14-29-15-6-13-24-23(27)18-9-11-20(12-10-18)30-17-22(26)25-19-7-5-8-21(16-19)28-2/h5,7-12,16H,3-4,6,13-15,17H2,1-2H3,(H,24,27)(H,25,26). The Labute approximate surface area is 177 Å². The SMILES string of the molecule is CCCCOCCCNC(=O)c1ccc(OCC(=O)Nc2cccc(OC)c2)cc1. The van der Waals surface area contributed by atoms with Crippen molar-refractivity contribution in [2.75, 3.05) is 38.8 Å². The summed E-state index contributed by atoms with van der Waals surface area (Å²) in [5, 5.41) is 5.60. The van der Waals surface area contributed by atoms with Crippen molar-refractivity contribution in [3.05, 3.63) is 54.1 Å². The summed E-state index contributed by atoms with van der Waals surface area (Å²) in [7, 11) is 1.57. The summed E-state index contributed by atoms with van der Waals surface area (Å²) in [6.45, 7) is 3.96. The van der Waals surface area contributed by atoms with Crippen molar-refractivity contribution in [2.24, 2.45) is 0 Å². The van der Waals surface area contributed by atoms with Crippen LogP contribution in [0.15, 0.2) is 48.5 Å². The summed E-state index contributed by atoms with van der Waals surface area (Å²) in [4.78, 5) is 24.2. The molecule has 0 heterocycles. The molecule has 0 bridgehead atoms. The van der Waals surface area contributed by atoms with Gasteiger partial charge in [0.25, 0.3) is 11.8 Å². The number of hydrogen-bond acceptors (Lipinski definition) is 5. The summed E-state index contributed by atoms with van der Waals surface area (Å²) in [6, 6.07) is 13.8. The maximum absolute atomic E-state index is 12.1. The van der Waals surface area contributed by atoms with Gasteiger partial charge < -0.3 is 24.8 Å². The number of rotatable bonds is 13. The van der Waals surface area contributed by atoms with E-state index in [2.05, 4.69) is 17.6 Å². The van der Waals surface area contributed by atoms with Crippen LogP contribution in [0.25, 0.3) is 0 Å². The Morgan fingerprint density at radius 1 is 0.967 bits per heavy atom. The fourth-order valence-corrected chi connectivity index (χ4v) is 2.58. The number of amides is 2. The number of anilines is 1. The second-order valence-corrected chi connectivity index (χ2v) is 6.67. The molecule has 0 fully saturated rings. The van der Waals surface area contributed by atoms with E-state index in [9.17, 15) is 9.59 Å². The molecular weight excluding hydrogens is 384 g/mol. The van der Waals surface area contributed by atoms with Crippen LogP contribution in [-0.2, 0) is 9.53 Å². The van der Waals surface area contributed by atoms with E-state index in [0.717, 1.165) is 25.9 Å². The Bertz CT molecular complexity index is 792. The number of nitrogens with one attached hydrogen (secondary N) is 2. The van der Waals surface area contributed by atoms with Crippen molar-refractivity contribution in [3.8, 4) is 11.5 Å². The predicted octanol–water partition coefficient (Wildman–Crippen LogP) is 3.65. The first-order chi connectivity index (χ1) is 14.6. The molecule has 0 saturated heterocycles. The quantitative estimate of drug-likeness (QED) is 0.489. The Balaban J connectivity index is 1.69. The zero-order chi connectivity index (χ0) is 21.6. The predicted molar refractivity (Wildman–Crippen MR) is 116 cm³/mol. The topological polar surface area (TPSA) is 85.9 Å². The van der Waals surface area contributed by atoms with E-state index >= 15 is 0 Å². The molecule has 0 saturated carbocycles. The first-order valence-electron chi connectivity index (χ1n) is 10.1. The molecule has 0 spiro atoms. The highest BCUT2D eigenvalue weighted by molar-refractivity contribution is 5.94. The lowest BCUT2D eigenvalue weighted by Crippen LogP contribution is -2.25. The lowest BCUT2D eigenvalue weighted by atomic mass is 10.2. The van der Waals surface area contributed by atoms with E-state index in [1.807, 2.05) is 0 Å². The van der Waals surface area contributed by atoms with Gasteiger partial charge in [-0.1, -0.05) is 19.4 Å². The first-order valence-corrected chi connectivity index (χ1v) is 10.1. The smallest absolute Gasteiger partial charge is 0.262 e. The minimum absolute atomic E-state index is 0.138. The van der Waals surface area contributed by atoms with Crippen molar-refractivity contribution < 1.29 is 23.8 Å². The first kappa shape index (κ1) is 23.2. The van der Waals surface area contributed by atoms with Gasteiger partial charge in [0.15, 0.2) is 6.61 Å². The van der Waals surface area contributed by atoms with Crippen LogP contribution in [0.5, 0.6) is 11.5 Å². The van der Waals surface area contributed by atoms with Crippen molar-refractivity contribution in [2.45, 2.75) is 26.2 Å². The van der Waals surface area contributed by atoms with E-state index in [0.29, 0.717) is 35.9 Å². The molecule has 7 heteroatoms. The van der Waals surface area contributed by atoms with Crippen LogP contribution in [0.1, 0.15) is 36.5 Å². The van der Waals surface area contributed by atoms with E-state index in [-0.39, 0.29) is 18.4 Å². The van der Waals surface area contributed by atoms with Gasteiger partial charge in [0.05, 0.1) is 7.11 Å². The van der Waals surface area contributed by atoms with Gasteiger partial charge in [-0.25, -0.2) is 0 Å². The van der Waals surface area contributed by atoms with Crippen LogP contribution < -0.4 is 20.1 Å². The molecule has 2 aromatic carbocycles. The fraction of sp³-hybridized carbons (Fsp3) is 0.391. The molecule has 2 aromatic rings. The summed E-state index contributed by atoms with van der Waals surface area (Å²) < 4.78 is 16.1. The zero-order valence-electron chi connectivity index (χ0n) is 17.6. The van der Waals surface area contributed by atoms with Gasteiger partial charge in [0.1, 0.15) is 11.5 Å². The van der Waals surface area contributed by atoms with Gasteiger partial charge in [-0.15, -0.1) is 0 Å². The molecule has 162 valence electrons. The van der Waals surface area contributed by atoms with E-state index in [4.69, 9.17) is 14.2 Å². The van der Waals surface area contributed by atoms with Crippen LogP contribution in [0.3, 0.4) is 0 Å². The van der Waals surface area contributed by atoms with Crippen LogP contribution in [0, 0.1) is 0 Å². The maximum Gasteiger partial charge on any atom is 0.262 e. The van der Waals surface area contributed by atoms with Gasteiger partial charge in [-0.3, -0.25) is 9.59 Å². The third-order valence-corrected chi connectivity index (χ3v) is 4.23. The van der Waals surface area contributed by atoms with Crippen molar-refractivity contribution in [1.82, 2.24) is 5.32 Å². The Morgan fingerprint density at radius 2 is 1.73 bits per heavy atom. The molecule has 30 heavy (non-hydrogen) atoms. The molecule has 2 N–H and O–H groups in total.